The van der Waals surface area contributed by atoms with Crippen molar-refractivity contribution < 1.29 is 18.8 Å². The van der Waals surface area contributed by atoms with Crippen LogP contribution in [-0.2, 0) is 6.54 Å². The molecule has 0 saturated heterocycles. The van der Waals surface area contributed by atoms with E-state index in [2.05, 4.69) is 20.8 Å². The minimum absolute atomic E-state index is 0.164. The molecule has 0 atom stereocenters. The minimum atomic E-state index is -0.574. The Kier molecular flexibility index (Phi) is 5.71. The number of benzene rings is 2. The highest BCUT2D eigenvalue weighted by atomic mass is 16.5. The van der Waals surface area contributed by atoms with Crippen LogP contribution in [-0.4, -0.2) is 29.1 Å². The maximum atomic E-state index is 13.1. The van der Waals surface area contributed by atoms with Crippen molar-refractivity contribution in [1.82, 2.24) is 15.5 Å². The number of hydrogen-bond acceptors (Lipinski definition) is 7. The van der Waals surface area contributed by atoms with Crippen LogP contribution < -0.4 is 21.1 Å². The number of carbonyl (C=O) groups excluding carboxylic acids is 2. The third kappa shape index (κ3) is 4.36. The number of nitrogens with two attached hydrogens (primary N) is 1. The molecule has 4 N–H and O–H groups in total. The van der Waals surface area contributed by atoms with Gasteiger partial charge in [0.25, 0.3) is 5.91 Å². The number of fused-ring (bicyclic) bond motifs is 1. The van der Waals surface area contributed by atoms with Crippen molar-refractivity contribution in [1.29, 1.82) is 0 Å². The summed E-state index contributed by atoms with van der Waals surface area (Å²) >= 11 is 0. The summed E-state index contributed by atoms with van der Waals surface area (Å²) in [5.74, 6) is 0.235. The van der Waals surface area contributed by atoms with E-state index in [1.807, 2.05) is 18.2 Å². The van der Waals surface area contributed by atoms with Gasteiger partial charge in [0, 0.05) is 35.0 Å². The number of nitrogens with one attached hydrogen (secondary N) is 2. The van der Waals surface area contributed by atoms with E-state index >= 15 is 0 Å². The standard InChI is InChI=1S/C23H21N5O4/c1-13-8-17(32-28-13)11-26-23(30)19-12-25-20-7-6-14(22(24)29)9-18(20)21(19)27-15-4-3-5-16(10-15)31-2/h3-10,12H,11H2,1-2H3,(H2,24,29)(H,25,27)(H,26,30). The molecule has 9 heteroatoms. The second kappa shape index (κ2) is 8.76. The van der Waals surface area contributed by atoms with Gasteiger partial charge in [-0.05, 0) is 37.3 Å². The first-order chi connectivity index (χ1) is 15.4. The number of primary amides is 1. The second-order valence-electron chi connectivity index (χ2n) is 7.12. The van der Waals surface area contributed by atoms with Gasteiger partial charge in [0.15, 0.2) is 5.76 Å². The van der Waals surface area contributed by atoms with Crippen molar-refractivity contribution in [3.05, 3.63) is 77.3 Å². The largest absolute Gasteiger partial charge is 0.497 e. The lowest BCUT2D eigenvalue weighted by atomic mass is 10.0. The lowest BCUT2D eigenvalue weighted by Gasteiger charge is -2.15. The maximum Gasteiger partial charge on any atom is 0.255 e. The molecule has 4 rings (SSSR count). The van der Waals surface area contributed by atoms with Crippen LogP contribution in [0.5, 0.6) is 5.75 Å². The van der Waals surface area contributed by atoms with E-state index in [0.29, 0.717) is 39.4 Å². The van der Waals surface area contributed by atoms with E-state index in [-0.39, 0.29) is 18.0 Å². The maximum absolute atomic E-state index is 13.1. The number of ether oxygens (including phenoxy) is 1. The third-order valence-electron chi connectivity index (χ3n) is 4.84. The van der Waals surface area contributed by atoms with Gasteiger partial charge in [-0.15, -0.1) is 0 Å². The first-order valence-corrected chi connectivity index (χ1v) is 9.78. The van der Waals surface area contributed by atoms with Crippen LogP contribution in [0.2, 0.25) is 0 Å². The molecule has 9 nitrogen and oxygen atoms in total. The second-order valence-corrected chi connectivity index (χ2v) is 7.12. The molecular weight excluding hydrogens is 410 g/mol. The molecule has 2 amide bonds. The van der Waals surface area contributed by atoms with Gasteiger partial charge in [-0.25, -0.2) is 0 Å². The van der Waals surface area contributed by atoms with Gasteiger partial charge in [-0.3, -0.25) is 14.6 Å². The van der Waals surface area contributed by atoms with Crippen LogP contribution >= 0.6 is 0 Å². The van der Waals surface area contributed by atoms with Gasteiger partial charge in [-0.1, -0.05) is 11.2 Å². The number of methoxy groups -OCH3 is 1. The highest BCUT2D eigenvalue weighted by molar-refractivity contribution is 6.09. The topological polar surface area (TPSA) is 132 Å². The Hall–Kier alpha value is -4.40. The van der Waals surface area contributed by atoms with E-state index in [1.54, 1.807) is 44.4 Å². The number of aryl methyl sites for hydroxylation is 1. The Bertz CT molecular complexity index is 1310. The number of rotatable bonds is 7. The van der Waals surface area contributed by atoms with E-state index in [1.165, 1.54) is 6.20 Å². The molecular formula is C23H21N5O4. The summed E-state index contributed by atoms with van der Waals surface area (Å²) in [6, 6.07) is 13.9. The molecule has 0 aliphatic rings. The number of carbonyl (C=O) groups is 2. The van der Waals surface area contributed by atoms with Gasteiger partial charge >= 0.3 is 0 Å². The molecule has 32 heavy (non-hydrogen) atoms. The first kappa shape index (κ1) is 20.9. The zero-order valence-electron chi connectivity index (χ0n) is 17.5. The molecule has 0 spiro atoms. The molecule has 0 aliphatic heterocycles. The van der Waals surface area contributed by atoms with Crippen LogP contribution in [0.1, 0.15) is 32.2 Å². The molecule has 2 aromatic heterocycles. The van der Waals surface area contributed by atoms with Crippen molar-refractivity contribution in [3.63, 3.8) is 0 Å². The molecule has 0 bridgehead atoms. The summed E-state index contributed by atoms with van der Waals surface area (Å²) in [4.78, 5) is 29.2. The van der Waals surface area contributed by atoms with Crippen LogP contribution in [0.15, 0.2) is 59.3 Å². The lowest BCUT2D eigenvalue weighted by molar-refractivity contribution is 0.0946. The number of hydrogen-bond donors (Lipinski definition) is 3. The van der Waals surface area contributed by atoms with Crippen LogP contribution in [0.4, 0.5) is 11.4 Å². The van der Waals surface area contributed by atoms with Gasteiger partial charge in [0.1, 0.15) is 5.75 Å². The first-order valence-electron chi connectivity index (χ1n) is 9.78. The molecule has 2 aromatic carbocycles. The Labute approximate surface area is 183 Å². The fraction of sp³-hybridized carbons (Fsp3) is 0.130. The fourth-order valence-electron chi connectivity index (χ4n) is 3.26. The van der Waals surface area contributed by atoms with Gasteiger partial charge in [-0.2, -0.15) is 0 Å². The average molecular weight is 431 g/mol. The molecule has 2 heterocycles. The van der Waals surface area contributed by atoms with E-state index in [9.17, 15) is 9.59 Å². The van der Waals surface area contributed by atoms with Crippen molar-refractivity contribution in [2.24, 2.45) is 5.73 Å². The van der Waals surface area contributed by atoms with Gasteiger partial charge in [0.2, 0.25) is 5.91 Å². The molecule has 162 valence electrons. The van der Waals surface area contributed by atoms with Crippen molar-refractivity contribution in [2.45, 2.75) is 13.5 Å². The zero-order chi connectivity index (χ0) is 22.7. The zero-order valence-corrected chi connectivity index (χ0v) is 17.5. The highest BCUT2D eigenvalue weighted by Gasteiger charge is 2.18. The number of aromatic nitrogens is 2. The summed E-state index contributed by atoms with van der Waals surface area (Å²) < 4.78 is 10.4. The molecule has 0 unspecified atom stereocenters. The molecule has 0 saturated carbocycles. The molecule has 0 aliphatic carbocycles. The highest BCUT2D eigenvalue weighted by Crippen LogP contribution is 2.31. The average Bonchev–Trinajstić information content (AvgIpc) is 3.22. The molecule has 4 aromatic rings. The van der Waals surface area contributed by atoms with Crippen molar-refractivity contribution in [3.8, 4) is 5.75 Å². The quantitative estimate of drug-likeness (QED) is 0.409. The number of pyridine rings is 1. The number of anilines is 2. The summed E-state index contributed by atoms with van der Waals surface area (Å²) in [6.07, 6.45) is 1.48. The normalized spacial score (nSPS) is 10.7. The van der Waals surface area contributed by atoms with Crippen LogP contribution in [0.25, 0.3) is 10.9 Å². The Morgan fingerprint density at radius 2 is 2.00 bits per heavy atom. The summed E-state index contributed by atoms with van der Waals surface area (Å²) in [6.45, 7) is 1.96. The molecule has 0 fully saturated rings. The Morgan fingerprint density at radius 3 is 2.72 bits per heavy atom. The molecule has 0 radical (unpaired) electrons. The number of nitrogens with zero attached hydrogens (tertiary/aromatic N) is 2. The summed E-state index contributed by atoms with van der Waals surface area (Å²) in [5, 5.41) is 10.5. The van der Waals surface area contributed by atoms with Gasteiger partial charge < -0.3 is 25.6 Å². The monoisotopic (exact) mass is 431 g/mol. The predicted molar refractivity (Wildman–Crippen MR) is 119 cm³/mol. The predicted octanol–water partition coefficient (Wildman–Crippen LogP) is 3.31. The third-order valence-corrected chi connectivity index (χ3v) is 4.84. The smallest absolute Gasteiger partial charge is 0.255 e. The Morgan fingerprint density at radius 1 is 1.16 bits per heavy atom. The van der Waals surface area contributed by atoms with Crippen molar-refractivity contribution >= 4 is 34.1 Å². The SMILES string of the molecule is COc1cccc(Nc2c(C(=O)NCc3cc(C)no3)cnc3ccc(C(N)=O)cc23)c1. The van der Waals surface area contributed by atoms with Crippen LogP contribution in [0.3, 0.4) is 0 Å². The van der Waals surface area contributed by atoms with Gasteiger partial charge in [0.05, 0.1) is 36.1 Å². The lowest BCUT2D eigenvalue weighted by Crippen LogP contribution is -2.24. The van der Waals surface area contributed by atoms with E-state index in [4.69, 9.17) is 15.0 Å². The Balaban J connectivity index is 1.76. The van der Waals surface area contributed by atoms with E-state index < -0.39 is 5.91 Å². The summed E-state index contributed by atoms with van der Waals surface area (Å²) in [7, 11) is 1.57. The van der Waals surface area contributed by atoms with E-state index in [0.717, 1.165) is 5.69 Å². The fourth-order valence-corrected chi connectivity index (χ4v) is 3.26. The summed E-state index contributed by atoms with van der Waals surface area (Å²) in [5.41, 5.74) is 8.57. The number of amides is 2. The van der Waals surface area contributed by atoms with Crippen LogP contribution in [0, 0.1) is 6.92 Å². The minimum Gasteiger partial charge on any atom is -0.497 e. The van der Waals surface area contributed by atoms with Crippen molar-refractivity contribution in [2.75, 3.05) is 12.4 Å².